The minimum Gasteiger partial charge on any atom is -0.489 e. The lowest BCUT2D eigenvalue weighted by atomic mass is 10.1. The molecule has 1 aliphatic rings. The first kappa shape index (κ1) is 14.9. The third-order valence-corrected chi connectivity index (χ3v) is 4.85. The van der Waals surface area contributed by atoms with E-state index in [0.717, 1.165) is 28.5 Å². The van der Waals surface area contributed by atoms with E-state index in [1.54, 1.807) is 17.8 Å². The maximum Gasteiger partial charge on any atom is 0.268 e. The van der Waals surface area contributed by atoms with Gasteiger partial charge in [0.2, 0.25) is 5.43 Å². The molecule has 0 atom stereocenters. The summed E-state index contributed by atoms with van der Waals surface area (Å²) in [5.74, 6) is 0.218. The number of rotatable bonds is 5. The Morgan fingerprint density at radius 2 is 2.00 bits per heavy atom. The summed E-state index contributed by atoms with van der Waals surface area (Å²) in [5.41, 5.74) is 0.532. The maximum atomic E-state index is 11.8. The molecule has 0 fully saturated rings. The van der Waals surface area contributed by atoms with Crippen LogP contribution in [0.2, 0.25) is 0 Å². The van der Waals surface area contributed by atoms with E-state index in [4.69, 9.17) is 4.74 Å². The molecule has 0 unspecified atom stereocenters. The SMILES string of the molecule is CCCCOc1c(/C=C2/Sc3ccccc3N2C)c(=O)c1=O. The van der Waals surface area contributed by atoms with Crippen molar-refractivity contribution in [3.8, 4) is 5.75 Å². The van der Waals surface area contributed by atoms with Gasteiger partial charge in [-0.25, -0.2) is 0 Å². The molecular weight excluding hydrogens is 298 g/mol. The summed E-state index contributed by atoms with van der Waals surface area (Å²) >= 11 is 1.59. The molecule has 1 heterocycles. The summed E-state index contributed by atoms with van der Waals surface area (Å²) in [7, 11) is 1.95. The highest BCUT2D eigenvalue weighted by Gasteiger charge is 2.26. The van der Waals surface area contributed by atoms with Gasteiger partial charge in [0.25, 0.3) is 5.43 Å². The van der Waals surface area contributed by atoms with E-state index in [1.165, 1.54) is 0 Å². The first-order chi connectivity index (χ1) is 10.6. The smallest absolute Gasteiger partial charge is 0.268 e. The molecule has 4 nitrogen and oxygen atoms in total. The zero-order chi connectivity index (χ0) is 15.7. The lowest BCUT2D eigenvalue weighted by Crippen LogP contribution is -2.35. The molecule has 0 radical (unpaired) electrons. The van der Waals surface area contributed by atoms with Gasteiger partial charge in [0.05, 0.1) is 22.9 Å². The van der Waals surface area contributed by atoms with E-state index in [2.05, 4.69) is 6.92 Å². The zero-order valence-electron chi connectivity index (χ0n) is 12.6. The van der Waals surface area contributed by atoms with Gasteiger partial charge in [-0.3, -0.25) is 9.59 Å². The summed E-state index contributed by atoms with van der Waals surface area (Å²) in [4.78, 5) is 26.6. The Kier molecular flexibility index (Phi) is 4.07. The molecule has 114 valence electrons. The van der Waals surface area contributed by atoms with Crippen LogP contribution in [0.3, 0.4) is 0 Å². The van der Waals surface area contributed by atoms with Gasteiger partial charge in [0, 0.05) is 11.9 Å². The van der Waals surface area contributed by atoms with E-state index in [0.29, 0.717) is 12.2 Å². The van der Waals surface area contributed by atoms with Crippen LogP contribution in [0.5, 0.6) is 5.75 Å². The lowest BCUT2D eigenvalue weighted by Gasteiger charge is -2.15. The molecule has 0 saturated carbocycles. The number of thioether (sulfide) groups is 1. The van der Waals surface area contributed by atoms with Crippen LogP contribution < -0.4 is 20.5 Å². The van der Waals surface area contributed by atoms with E-state index in [-0.39, 0.29) is 5.75 Å². The van der Waals surface area contributed by atoms with Crippen molar-refractivity contribution < 1.29 is 4.74 Å². The lowest BCUT2D eigenvalue weighted by molar-refractivity contribution is 0.302. The number of hydrogen-bond acceptors (Lipinski definition) is 5. The highest BCUT2D eigenvalue weighted by molar-refractivity contribution is 8.03. The van der Waals surface area contributed by atoms with E-state index < -0.39 is 10.9 Å². The number of nitrogens with zero attached hydrogens (tertiary/aromatic N) is 1. The third-order valence-electron chi connectivity index (χ3n) is 3.69. The quantitative estimate of drug-likeness (QED) is 0.627. The van der Waals surface area contributed by atoms with Crippen LogP contribution in [0.1, 0.15) is 25.3 Å². The fourth-order valence-corrected chi connectivity index (χ4v) is 3.45. The summed E-state index contributed by atoms with van der Waals surface area (Å²) in [6.45, 7) is 2.52. The standard InChI is InChI=1S/C17H17NO3S/c1-3-4-9-21-17-11(15(19)16(17)20)10-14-18(2)12-7-5-6-8-13(12)22-14/h5-8,10H,3-4,9H2,1-2H3/b14-10+. The predicted molar refractivity (Wildman–Crippen MR) is 90.4 cm³/mol. The van der Waals surface area contributed by atoms with Gasteiger partial charge < -0.3 is 9.64 Å². The van der Waals surface area contributed by atoms with Crippen LogP contribution in [-0.4, -0.2) is 13.7 Å². The van der Waals surface area contributed by atoms with E-state index in [1.807, 2.05) is 36.2 Å². The number of benzene rings is 1. The molecule has 2 aromatic rings. The Bertz CT molecular complexity index is 802. The van der Waals surface area contributed by atoms with Crippen molar-refractivity contribution in [3.05, 3.63) is 55.3 Å². The van der Waals surface area contributed by atoms with Crippen molar-refractivity contribution in [2.45, 2.75) is 24.7 Å². The zero-order valence-corrected chi connectivity index (χ0v) is 13.4. The predicted octanol–water partition coefficient (Wildman–Crippen LogP) is 3.00. The monoisotopic (exact) mass is 315 g/mol. The van der Waals surface area contributed by atoms with Crippen LogP contribution in [0.25, 0.3) is 6.08 Å². The Morgan fingerprint density at radius 3 is 2.73 bits per heavy atom. The van der Waals surface area contributed by atoms with Gasteiger partial charge in [-0.05, 0) is 24.6 Å². The second-order valence-electron chi connectivity index (χ2n) is 5.21. The summed E-state index contributed by atoms with van der Waals surface area (Å²) in [5, 5.41) is 0.925. The summed E-state index contributed by atoms with van der Waals surface area (Å²) in [6, 6.07) is 8.04. The highest BCUT2D eigenvalue weighted by atomic mass is 32.2. The number of para-hydroxylation sites is 1. The molecule has 22 heavy (non-hydrogen) atoms. The fraction of sp³-hybridized carbons (Fsp3) is 0.294. The Labute approximate surface area is 133 Å². The fourth-order valence-electron chi connectivity index (χ4n) is 2.35. The normalized spacial score (nSPS) is 15.5. The van der Waals surface area contributed by atoms with Crippen molar-refractivity contribution in [1.29, 1.82) is 0 Å². The number of hydrogen-bond donors (Lipinski definition) is 0. The second kappa shape index (κ2) is 6.01. The average Bonchev–Trinajstić information content (AvgIpc) is 2.86. The minimum absolute atomic E-state index is 0.218. The van der Waals surface area contributed by atoms with Gasteiger partial charge in [0.1, 0.15) is 0 Å². The maximum absolute atomic E-state index is 11.8. The third kappa shape index (κ3) is 2.46. The number of unbranched alkanes of at least 4 members (excludes halogenated alkanes) is 1. The summed E-state index contributed by atoms with van der Waals surface area (Å²) in [6.07, 6.45) is 3.62. The van der Waals surface area contributed by atoms with Crippen molar-refractivity contribution in [1.82, 2.24) is 0 Å². The molecule has 0 aliphatic carbocycles. The number of fused-ring (bicyclic) bond motifs is 1. The van der Waals surface area contributed by atoms with E-state index in [9.17, 15) is 9.59 Å². The second-order valence-corrected chi connectivity index (χ2v) is 6.28. The van der Waals surface area contributed by atoms with E-state index >= 15 is 0 Å². The topological polar surface area (TPSA) is 46.6 Å². The van der Waals surface area contributed by atoms with Crippen molar-refractivity contribution in [2.24, 2.45) is 0 Å². The Morgan fingerprint density at radius 1 is 1.23 bits per heavy atom. The van der Waals surface area contributed by atoms with Gasteiger partial charge in [0.15, 0.2) is 5.75 Å². The van der Waals surface area contributed by atoms with Gasteiger partial charge in [-0.1, -0.05) is 37.2 Å². The van der Waals surface area contributed by atoms with Crippen LogP contribution in [-0.2, 0) is 0 Å². The molecule has 0 amide bonds. The average molecular weight is 315 g/mol. The van der Waals surface area contributed by atoms with Crippen molar-refractivity contribution in [2.75, 3.05) is 18.6 Å². The van der Waals surface area contributed by atoms with Crippen molar-refractivity contribution >= 4 is 23.5 Å². The molecule has 0 saturated heterocycles. The van der Waals surface area contributed by atoms with Crippen molar-refractivity contribution in [3.63, 3.8) is 0 Å². The van der Waals surface area contributed by atoms with Gasteiger partial charge in [-0.2, -0.15) is 0 Å². The number of ether oxygens (including phenoxy) is 1. The van der Waals surface area contributed by atoms with Crippen LogP contribution in [0, 0.1) is 0 Å². The van der Waals surface area contributed by atoms with Crippen LogP contribution in [0.15, 0.2) is 43.8 Å². The largest absolute Gasteiger partial charge is 0.489 e. The Balaban J connectivity index is 1.87. The van der Waals surface area contributed by atoms with Crippen LogP contribution in [0.4, 0.5) is 5.69 Å². The number of anilines is 1. The molecule has 0 aromatic heterocycles. The van der Waals surface area contributed by atoms with Crippen LogP contribution >= 0.6 is 11.8 Å². The molecule has 5 heteroatoms. The minimum atomic E-state index is -0.508. The van der Waals surface area contributed by atoms with Gasteiger partial charge >= 0.3 is 0 Å². The van der Waals surface area contributed by atoms with Gasteiger partial charge in [-0.15, -0.1) is 0 Å². The first-order valence-corrected chi connectivity index (χ1v) is 8.13. The molecule has 0 N–H and O–H groups in total. The molecule has 3 rings (SSSR count). The Hall–Kier alpha value is -2.01. The molecule has 1 aliphatic heterocycles. The highest BCUT2D eigenvalue weighted by Crippen LogP contribution is 2.45. The molecule has 0 bridgehead atoms. The first-order valence-electron chi connectivity index (χ1n) is 7.32. The molecule has 0 spiro atoms. The molecular formula is C17H17NO3S. The molecule has 2 aromatic carbocycles. The summed E-state index contributed by atoms with van der Waals surface area (Å²) < 4.78 is 5.47.